The van der Waals surface area contributed by atoms with Crippen LogP contribution in [0.15, 0.2) is 85.3 Å². The normalized spacial score (nSPS) is 10.6. The number of ether oxygens (including phenoxy) is 1. The Kier molecular flexibility index (Phi) is 6.29. The second kappa shape index (κ2) is 9.45. The zero-order valence-corrected chi connectivity index (χ0v) is 17.7. The molecule has 6 nitrogen and oxygen atoms in total. The number of hydrogen-bond acceptors (Lipinski definition) is 4. The average Bonchev–Trinajstić information content (AvgIpc) is 3.26. The minimum absolute atomic E-state index is 0.138. The summed E-state index contributed by atoms with van der Waals surface area (Å²) in [6.45, 7) is 0.781. The van der Waals surface area contributed by atoms with E-state index in [0.29, 0.717) is 35.2 Å². The number of para-hydroxylation sites is 1. The number of hydrogen-bond donors (Lipinski definition) is 0. The third-order valence-electron chi connectivity index (χ3n) is 4.76. The van der Waals surface area contributed by atoms with Gasteiger partial charge in [-0.1, -0.05) is 29.8 Å². The summed E-state index contributed by atoms with van der Waals surface area (Å²) in [5, 5.41) is 5.33. The van der Waals surface area contributed by atoms with Crippen LogP contribution in [-0.2, 0) is 0 Å². The van der Waals surface area contributed by atoms with E-state index >= 15 is 0 Å². The maximum atomic E-state index is 13.2. The van der Waals surface area contributed by atoms with Crippen molar-refractivity contribution in [2.45, 2.75) is 0 Å². The van der Waals surface area contributed by atoms with Crippen molar-refractivity contribution in [1.82, 2.24) is 19.7 Å². The van der Waals surface area contributed by atoms with Crippen LogP contribution in [0.1, 0.15) is 10.4 Å². The van der Waals surface area contributed by atoms with E-state index in [9.17, 15) is 4.79 Å². The van der Waals surface area contributed by atoms with Crippen LogP contribution in [0.25, 0.3) is 16.9 Å². The smallest absolute Gasteiger partial charge is 0.257 e. The Hall–Kier alpha value is -3.64. The molecule has 4 rings (SSSR count). The molecular weight excluding hydrogens is 412 g/mol. The van der Waals surface area contributed by atoms with Crippen molar-refractivity contribution >= 4 is 17.5 Å². The third-order valence-corrected chi connectivity index (χ3v) is 5.01. The SMILES string of the molecule is CN(CCOc1ccc(Cl)cc1)C(=O)c1cn(-c2ccccc2)nc1-c1cccnc1. The number of pyridine rings is 1. The number of rotatable bonds is 7. The second-order valence-electron chi connectivity index (χ2n) is 6.94. The standard InChI is InChI=1S/C24H21ClN4O2/c1-28(14-15-31-21-11-9-19(25)10-12-21)24(30)22-17-29(20-7-3-2-4-8-20)27-23(22)18-6-5-13-26-16-18/h2-13,16-17H,14-15H2,1H3. The molecular formula is C24H21ClN4O2. The zero-order valence-electron chi connectivity index (χ0n) is 17.0. The molecule has 0 aliphatic rings. The molecule has 0 aliphatic carbocycles. The highest BCUT2D eigenvalue weighted by atomic mass is 35.5. The average molecular weight is 433 g/mol. The number of halogens is 1. The number of aromatic nitrogens is 3. The molecule has 2 aromatic heterocycles. The Balaban J connectivity index is 1.54. The predicted octanol–water partition coefficient (Wildman–Crippen LogP) is 4.74. The molecule has 7 heteroatoms. The Morgan fingerprint density at radius 1 is 1.06 bits per heavy atom. The quantitative estimate of drug-likeness (QED) is 0.423. The molecule has 2 heterocycles. The molecule has 0 atom stereocenters. The Bertz CT molecular complexity index is 1150. The van der Waals surface area contributed by atoms with Crippen molar-refractivity contribution in [3.63, 3.8) is 0 Å². The molecule has 4 aromatic rings. The van der Waals surface area contributed by atoms with Crippen molar-refractivity contribution in [3.8, 4) is 22.7 Å². The highest BCUT2D eigenvalue weighted by Crippen LogP contribution is 2.24. The fourth-order valence-corrected chi connectivity index (χ4v) is 3.22. The third kappa shape index (κ3) is 4.92. The molecule has 0 aliphatic heterocycles. The first kappa shape index (κ1) is 20.6. The molecule has 0 saturated heterocycles. The molecule has 0 unspecified atom stereocenters. The van der Waals surface area contributed by atoms with E-state index < -0.39 is 0 Å². The Labute approximate surface area is 185 Å². The molecule has 0 saturated carbocycles. The van der Waals surface area contributed by atoms with Crippen LogP contribution in [0.4, 0.5) is 0 Å². The summed E-state index contributed by atoms with van der Waals surface area (Å²) < 4.78 is 7.44. The largest absolute Gasteiger partial charge is 0.492 e. The lowest BCUT2D eigenvalue weighted by molar-refractivity contribution is 0.0774. The van der Waals surface area contributed by atoms with Crippen LogP contribution in [0.5, 0.6) is 5.75 Å². The van der Waals surface area contributed by atoms with E-state index in [4.69, 9.17) is 16.3 Å². The van der Waals surface area contributed by atoms with Gasteiger partial charge in [0.05, 0.1) is 17.8 Å². The van der Waals surface area contributed by atoms with E-state index in [1.807, 2.05) is 42.5 Å². The molecule has 2 aromatic carbocycles. The fraction of sp³-hybridized carbons (Fsp3) is 0.125. The first-order valence-electron chi connectivity index (χ1n) is 9.81. The molecule has 0 bridgehead atoms. The van der Waals surface area contributed by atoms with Gasteiger partial charge in [0.15, 0.2) is 0 Å². The number of carbonyl (C=O) groups excluding carboxylic acids is 1. The van der Waals surface area contributed by atoms with Gasteiger partial charge < -0.3 is 9.64 Å². The topological polar surface area (TPSA) is 60.2 Å². The van der Waals surface area contributed by atoms with Gasteiger partial charge in [0, 0.05) is 36.2 Å². The number of likely N-dealkylation sites (N-methyl/N-ethyl adjacent to an activating group) is 1. The van der Waals surface area contributed by atoms with Gasteiger partial charge in [0.2, 0.25) is 0 Å². The number of nitrogens with zero attached hydrogens (tertiary/aromatic N) is 4. The van der Waals surface area contributed by atoms with Crippen LogP contribution in [0.2, 0.25) is 5.02 Å². The summed E-state index contributed by atoms with van der Waals surface area (Å²) in [4.78, 5) is 19.1. The van der Waals surface area contributed by atoms with Crippen molar-refractivity contribution in [1.29, 1.82) is 0 Å². The molecule has 0 radical (unpaired) electrons. The lowest BCUT2D eigenvalue weighted by Crippen LogP contribution is -2.31. The predicted molar refractivity (Wildman–Crippen MR) is 121 cm³/mol. The molecule has 31 heavy (non-hydrogen) atoms. The van der Waals surface area contributed by atoms with Crippen molar-refractivity contribution in [3.05, 3.63) is 95.9 Å². The summed E-state index contributed by atoms with van der Waals surface area (Å²) in [5.74, 6) is 0.568. The van der Waals surface area contributed by atoms with E-state index in [1.165, 1.54) is 0 Å². The number of amides is 1. The monoisotopic (exact) mass is 432 g/mol. The molecule has 156 valence electrons. The van der Waals surface area contributed by atoms with Crippen molar-refractivity contribution in [2.24, 2.45) is 0 Å². The summed E-state index contributed by atoms with van der Waals surface area (Å²) in [5.41, 5.74) is 2.75. The van der Waals surface area contributed by atoms with Crippen LogP contribution in [0, 0.1) is 0 Å². The van der Waals surface area contributed by atoms with Gasteiger partial charge in [-0.15, -0.1) is 0 Å². The number of benzene rings is 2. The van der Waals surface area contributed by atoms with Crippen LogP contribution in [-0.4, -0.2) is 45.8 Å². The Morgan fingerprint density at radius 3 is 2.55 bits per heavy atom. The maximum Gasteiger partial charge on any atom is 0.257 e. The first-order chi connectivity index (χ1) is 15.1. The number of carbonyl (C=O) groups is 1. The summed E-state index contributed by atoms with van der Waals surface area (Å²) >= 11 is 5.90. The van der Waals surface area contributed by atoms with Gasteiger partial charge in [0.25, 0.3) is 5.91 Å². The van der Waals surface area contributed by atoms with Crippen LogP contribution >= 0.6 is 11.6 Å². The van der Waals surface area contributed by atoms with Crippen LogP contribution in [0.3, 0.4) is 0 Å². The van der Waals surface area contributed by atoms with E-state index in [2.05, 4.69) is 10.1 Å². The van der Waals surface area contributed by atoms with Crippen molar-refractivity contribution < 1.29 is 9.53 Å². The van der Waals surface area contributed by atoms with Gasteiger partial charge in [-0.2, -0.15) is 5.10 Å². The minimum Gasteiger partial charge on any atom is -0.492 e. The van der Waals surface area contributed by atoms with Gasteiger partial charge in [-0.3, -0.25) is 9.78 Å². The van der Waals surface area contributed by atoms with E-state index in [-0.39, 0.29) is 5.91 Å². The van der Waals surface area contributed by atoms with Crippen molar-refractivity contribution in [2.75, 3.05) is 20.2 Å². The summed E-state index contributed by atoms with van der Waals surface area (Å²) in [7, 11) is 1.75. The zero-order chi connectivity index (χ0) is 21.6. The lowest BCUT2D eigenvalue weighted by atomic mass is 10.1. The van der Waals surface area contributed by atoms with Gasteiger partial charge in [-0.25, -0.2) is 4.68 Å². The van der Waals surface area contributed by atoms with Crippen LogP contribution < -0.4 is 4.74 Å². The second-order valence-corrected chi connectivity index (χ2v) is 7.38. The molecule has 0 N–H and O–H groups in total. The summed E-state index contributed by atoms with van der Waals surface area (Å²) in [6, 6.07) is 20.5. The Morgan fingerprint density at radius 2 is 1.84 bits per heavy atom. The van der Waals surface area contributed by atoms with Gasteiger partial charge >= 0.3 is 0 Å². The first-order valence-corrected chi connectivity index (χ1v) is 10.2. The van der Waals surface area contributed by atoms with Gasteiger partial charge in [-0.05, 0) is 48.5 Å². The summed E-state index contributed by atoms with van der Waals surface area (Å²) in [6.07, 6.45) is 5.16. The molecule has 1 amide bonds. The van der Waals surface area contributed by atoms with E-state index in [1.54, 1.807) is 59.5 Å². The minimum atomic E-state index is -0.138. The fourth-order valence-electron chi connectivity index (χ4n) is 3.10. The highest BCUT2D eigenvalue weighted by Gasteiger charge is 2.21. The van der Waals surface area contributed by atoms with Gasteiger partial charge in [0.1, 0.15) is 18.1 Å². The molecule has 0 spiro atoms. The lowest BCUT2D eigenvalue weighted by Gasteiger charge is -2.17. The maximum absolute atomic E-state index is 13.2. The molecule has 0 fully saturated rings. The van der Waals surface area contributed by atoms with E-state index in [0.717, 1.165) is 11.3 Å². The highest BCUT2D eigenvalue weighted by molar-refractivity contribution is 6.30.